The van der Waals surface area contributed by atoms with Crippen LogP contribution in [0.5, 0.6) is 11.5 Å². The summed E-state index contributed by atoms with van der Waals surface area (Å²) in [6.07, 6.45) is 0.154. The molecule has 0 heterocycles. The van der Waals surface area contributed by atoms with Gasteiger partial charge in [-0.1, -0.05) is 77.8 Å². The lowest BCUT2D eigenvalue weighted by molar-refractivity contribution is -0.140. The second kappa shape index (κ2) is 15.8. The number of benzene rings is 4. The molecule has 0 aliphatic rings. The summed E-state index contributed by atoms with van der Waals surface area (Å²) in [7, 11) is -1.40. The zero-order valence-corrected chi connectivity index (χ0v) is 29.8. The maximum Gasteiger partial charge on any atom is 0.264 e. The number of carbonyl (C=O) groups excluding carboxylic acids is 2. The van der Waals surface area contributed by atoms with E-state index in [0.29, 0.717) is 21.4 Å². The van der Waals surface area contributed by atoms with E-state index in [4.69, 9.17) is 32.7 Å². The first-order valence-corrected chi connectivity index (χ1v) is 17.3. The predicted molar refractivity (Wildman–Crippen MR) is 189 cm³/mol. The highest BCUT2D eigenvalue weighted by molar-refractivity contribution is 7.92. The van der Waals surface area contributed by atoms with Crippen LogP contribution >= 0.6 is 23.2 Å². The van der Waals surface area contributed by atoms with Crippen molar-refractivity contribution in [1.82, 2.24) is 10.2 Å². The van der Waals surface area contributed by atoms with Crippen molar-refractivity contribution < 1.29 is 27.5 Å². The summed E-state index contributed by atoms with van der Waals surface area (Å²) in [6, 6.07) is 25.5. The van der Waals surface area contributed by atoms with Gasteiger partial charge in [0.15, 0.2) is 11.5 Å². The lowest BCUT2D eigenvalue weighted by atomic mass is 10.0. The first-order chi connectivity index (χ1) is 22.7. The van der Waals surface area contributed by atoms with Gasteiger partial charge in [-0.2, -0.15) is 0 Å². The van der Waals surface area contributed by atoms with Gasteiger partial charge in [0.2, 0.25) is 11.8 Å². The first-order valence-electron chi connectivity index (χ1n) is 15.1. The Hall–Kier alpha value is -4.25. The molecule has 0 aliphatic heterocycles. The summed E-state index contributed by atoms with van der Waals surface area (Å²) in [5, 5.41) is 3.70. The monoisotopic (exact) mass is 711 g/mol. The standard InChI is InChI=1S/C36H39Cl2N3O6S/c1-36(2,3)39-35(43)31(20-25-12-8-6-9-13-25)40(23-26-16-17-27(37)21-30(26)38)34(42)24-41(48(44,45)29-14-10-7-11-15-29)28-18-19-32(46-4)33(22-28)47-5/h6-19,21-22,31H,20,23-24H2,1-5H3,(H,39,43)/t31-/m0/s1. The Morgan fingerprint density at radius 1 is 0.833 bits per heavy atom. The zero-order valence-electron chi connectivity index (χ0n) is 27.4. The molecule has 0 aliphatic carbocycles. The second-order valence-electron chi connectivity index (χ2n) is 12.1. The summed E-state index contributed by atoms with van der Waals surface area (Å²) in [4.78, 5) is 30.1. The zero-order chi connectivity index (χ0) is 35.1. The third-order valence-corrected chi connectivity index (χ3v) is 9.77. The molecule has 254 valence electrons. The molecule has 1 atom stereocenters. The number of rotatable bonds is 13. The molecule has 4 rings (SSSR count). The molecule has 0 radical (unpaired) electrons. The number of nitrogens with one attached hydrogen (secondary N) is 1. The molecule has 0 aromatic heterocycles. The highest BCUT2D eigenvalue weighted by Crippen LogP contribution is 2.34. The van der Waals surface area contributed by atoms with E-state index in [0.717, 1.165) is 9.87 Å². The number of hydrogen-bond donors (Lipinski definition) is 1. The number of amides is 2. The number of carbonyl (C=O) groups is 2. The van der Waals surface area contributed by atoms with E-state index in [9.17, 15) is 18.0 Å². The summed E-state index contributed by atoms with van der Waals surface area (Å²) in [5.74, 6) is -0.397. The van der Waals surface area contributed by atoms with Gasteiger partial charge >= 0.3 is 0 Å². The molecular formula is C36H39Cl2N3O6S. The molecule has 2 amide bonds. The van der Waals surface area contributed by atoms with Gasteiger partial charge in [-0.05, 0) is 68.3 Å². The van der Waals surface area contributed by atoms with Crippen LogP contribution in [0.2, 0.25) is 10.0 Å². The minimum Gasteiger partial charge on any atom is -0.493 e. The maximum atomic E-state index is 14.7. The number of hydrogen-bond acceptors (Lipinski definition) is 6. The van der Waals surface area contributed by atoms with Crippen LogP contribution in [0.1, 0.15) is 31.9 Å². The number of ether oxygens (including phenoxy) is 2. The van der Waals surface area contributed by atoms with Crippen molar-refractivity contribution in [2.75, 3.05) is 25.1 Å². The normalized spacial score (nSPS) is 12.1. The van der Waals surface area contributed by atoms with Crippen molar-refractivity contribution in [2.24, 2.45) is 0 Å². The second-order valence-corrected chi connectivity index (χ2v) is 14.8. The van der Waals surface area contributed by atoms with Gasteiger partial charge in [0, 0.05) is 34.6 Å². The Labute approximate surface area is 292 Å². The number of anilines is 1. The SMILES string of the molecule is COc1ccc(N(CC(=O)N(Cc2ccc(Cl)cc2Cl)[C@@H](Cc2ccccc2)C(=O)NC(C)(C)C)S(=O)(=O)c2ccccc2)cc1OC. The molecule has 0 bridgehead atoms. The van der Waals surface area contributed by atoms with Crippen molar-refractivity contribution in [3.05, 3.63) is 118 Å². The molecule has 0 saturated heterocycles. The third-order valence-electron chi connectivity index (χ3n) is 7.39. The van der Waals surface area contributed by atoms with Crippen molar-refractivity contribution in [3.63, 3.8) is 0 Å². The van der Waals surface area contributed by atoms with Crippen LogP contribution in [0.4, 0.5) is 5.69 Å². The van der Waals surface area contributed by atoms with Crippen LogP contribution < -0.4 is 19.1 Å². The van der Waals surface area contributed by atoms with Gasteiger partial charge in [0.1, 0.15) is 12.6 Å². The average molecular weight is 713 g/mol. The van der Waals surface area contributed by atoms with E-state index in [1.54, 1.807) is 42.5 Å². The van der Waals surface area contributed by atoms with Gasteiger partial charge < -0.3 is 19.7 Å². The quantitative estimate of drug-likeness (QED) is 0.164. The van der Waals surface area contributed by atoms with E-state index >= 15 is 0 Å². The molecule has 4 aromatic rings. The van der Waals surface area contributed by atoms with Gasteiger partial charge in [-0.3, -0.25) is 13.9 Å². The van der Waals surface area contributed by atoms with E-state index in [-0.39, 0.29) is 29.3 Å². The van der Waals surface area contributed by atoms with E-state index in [1.165, 1.54) is 43.4 Å². The van der Waals surface area contributed by atoms with Crippen LogP contribution in [0.25, 0.3) is 0 Å². The minimum atomic E-state index is -4.30. The molecule has 0 saturated carbocycles. The molecule has 12 heteroatoms. The van der Waals surface area contributed by atoms with Crippen LogP contribution in [0.3, 0.4) is 0 Å². The first kappa shape index (κ1) is 36.6. The molecule has 1 N–H and O–H groups in total. The summed E-state index contributed by atoms with van der Waals surface area (Å²) in [6.45, 7) is 4.79. The van der Waals surface area contributed by atoms with Crippen LogP contribution in [0, 0.1) is 0 Å². The molecule has 0 unspecified atom stereocenters. The summed E-state index contributed by atoms with van der Waals surface area (Å²) in [5.41, 5.74) is 0.869. The molecule has 48 heavy (non-hydrogen) atoms. The summed E-state index contributed by atoms with van der Waals surface area (Å²) >= 11 is 12.8. The Morgan fingerprint density at radius 2 is 1.46 bits per heavy atom. The predicted octanol–water partition coefficient (Wildman–Crippen LogP) is 6.76. The van der Waals surface area contributed by atoms with E-state index in [2.05, 4.69) is 5.32 Å². The highest BCUT2D eigenvalue weighted by atomic mass is 35.5. The fraction of sp³-hybridized carbons (Fsp3) is 0.278. The number of methoxy groups -OCH3 is 2. The number of nitrogens with zero attached hydrogens (tertiary/aromatic N) is 2. The average Bonchev–Trinajstić information content (AvgIpc) is 3.05. The molecule has 9 nitrogen and oxygen atoms in total. The maximum absolute atomic E-state index is 14.7. The van der Waals surface area contributed by atoms with E-state index in [1.807, 2.05) is 51.1 Å². The van der Waals surface area contributed by atoms with E-state index < -0.39 is 40.0 Å². The van der Waals surface area contributed by atoms with Gasteiger partial charge in [-0.25, -0.2) is 8.42 Å². The highest BCUT2D eigenvalue weighted by Gasteiger charge is 2.36. The largest absolute Gasteiger partial charge is 0.493 e. The van der Waals surface area contributed by atoms with Crippen molar-refractivity contribution in [3.8, 4) is 11.5 Å². The number of halogens is 2. The lowest BCUT2D eigenvalue weighted by Crippen LogP contribution is -2.56. The van der Waals surface area contributed by atoms with Crippen LogP contribution in [0.15, 0.2) is 102 Å². The van der Waals surface area contributed by atoms with Crippen molar-refractivity contribution in [2.45, 2.75) is 50.2 Å². The molecule has 0 spiro atoms. The minimum absolute atomic E-state index is 0.0220. The fourth-order valence-corrected chi connectivity index (χ4v) is 6.96. The van der Waals surface area contributed by atoms with Gasteiger partial charge in [0.25, 0.3) is 10.0 Å². The molecule has 4 aromatic carbocycles. The number of sulfonamides is 1. The Morgan fingerprint density at radius 3 is 2.04 bits per heavy atom. The lowest BCUT2D eigenvalue weighted by Gasteiger charge is -2.35. The smallest absolute Gasteiger partial charge is 0.264 e. The fourth-order valence-electron chi connectivity index (χ4n) is 5.07. The Bertz CT molecular complexity index is 1830. The Balaban J connectivity index is 1.87. The van der Waals surface area contributed by atoms with Crippen molar-refractivity contribution in [1.29, 1.82) is 0 Å². The van der Waals surface area contributed by atoms with Gasteiger partial charge in [0.05, 0.1) is 24.8 Å². The summed E-state index contributed by atoms with van der Waals surface area (Å²) < 4.78 is 40.3. The van der Waals surface area contributed by atoms with Crippen molar-refractivity contribution >= 4 is 50.7 Å². The van der Waals surface area contributed by atoms with Crippen LogP contribution in [-0.2, 0) is 32.6 Å². The Kier molecular flexibility index (Phi) is 12.0. The molecular weight excluding hydrogens is 673 g/mol. The topological polar surface area (TPSA) is 105 Å². The molecule has 0 fully saturated rings. The van der Waals surface area contributed by atoms with Crippen LogP contribution in [-0.4, -0.2) is 57.5 Å². The third kappa shape index (κ3) is 9.21. The van der Waals surface area contributed by atoms with Gasteiger partial charge in [-0.15, -0.1) is 0 Å².